The van der Waals surface area contributed by atoms with E-state index in [1.807, 2.05) is 0 Å². The van der Waals surface area contributed by atoms with Crippen molar-refractivity contribution in [2.45, 2.75) is 32.1 Å². The summed E-state index contributed by atoms with van der Waals surface area (Å²) in [7, 11) is 0. The molecule has 1 unspecified atom stereocenters. The molecule has 0 bridgehead atoms. The van der Waals surface area contributed by atoms with Gasteiger partial charge in [-0.1, -0.05) is 18.1 Å². The van der Waals surface area contributed by atoms with Gasteiger partial charge in [0.25, 0.3) is 0 Å². The maximum Gasteiger partial charge on any atom is -0.0166 e. The van der Waals surface area contributed by atoms with Crippen molar-refractivity contribution in [1.82, 2.24) is 0 Å². The van der Waals surface area contributed by atoms with Crippen molar-refractivity contribution in [3.63, 3.8) is 0 Å². The Labute approximate surface area is 50.6 Å². The standard InChI is InChI=1S/C8H12/c1-2-4-7-6-8(7)5-3-1/h4,8H,1-3,5-6H2. The first-order valence-electron chi connectivity index (χ1n) is 3.66. The lowest BCUT2D eigenvalue weighted by Crippen LogP contribution is -1.73. The molecule has 0 amide bonds. The zero-order valence-electron chi connectivity index (χ0n) is 5.19. The van der Waals surface area contributed by atoms with Crippen LogP contribution in [0.2, 0.25) is 0 Å². The Bertz CT molecular complexity index is 122. The predicted molar refractivity (Wildman–Crippen MR) is 34.7 cm³/mol. The van der Waals surface area contributed by atoms with Crippen LogP contribution in [0.15, 0.2) is 11.6 Å². The van der Waals surface area contributed by atoms with Crippen LogP contribution in [-0.2, 0) is 0 Å². The summed E-state index contributed by atoms with van der Waals surface area (Å²) in [6.45, 7) is 0. The molecule has 0 nitrogen and oxygen atoms in total. The number of fused-ring (bicyclic) bond motifs is 1. The maximum atomic E-state index is 2.46. The van der Waals surface area contributed by atoms with E-state index < -0.39 is 0 Å². The summed E-state index contributed by atoms with van der Waals surface area (Å²) in [5, 5.41) is 0. The van der Waals surface area contributed by atoms with Gasteiger partial charge in [-0.15, -0.1) is 0 Å². The number of allylic oxidation sites excluding steroid dienone is 2. The van der Waals surface area contributed by atoms with E-state index in [4.69, 9.17) is 0 Å². The molecule has 2 rings (SSSR count). The van der Waals surface area contributed by atoms with Crippen molar-refractivity contribution in [2.24, 2.45) is 5.92 Å². The summed E-state index contributed by atoms with van der Waals surface area (Å²) in [5.41, 5.74) is 1.77. The third kappa shape index (κ3) is 0.683. The van der Waals surface area contributed by atoms with E-state index in [1.165, 1.54) is 32.1 Å². The van der Waals surface area contributed by atoms with Gasteiger partial charge >= 0.3 is 0 Å². The molecular weight excluding hydrogens is 96.1 g/mol. The SMILES string of the molecule is C1=C2CC2CCCC1. The van der Waals surface area contributed by atoms with Crippen molar-refractivity contribution in [1.29, 1.82) is 0 Å². The molecule has 1 fully saturated rings. The second-order valence-electron chi connectivity index (χ2n) is 2.96. The first-order chi connectivity index (χ1) is 3.97. The van der Waals surface area contributed by atoms with Crippen LogP contribution in [0, 0.1) is 5.92 Å². The first kappa shape index (κ1) is 4.60. The van der Waals surface area contributed by atoms with Crippen molar-refractivity contribution in [3.05, 3.63) is 11.6 Å². The van der Waals surface area contributed by atoms with E-state index >= 15 is 0 Å². The van der Waals surface area contributed by atoms with Gasteiger partial charge in [-0.25, -0.2) is 0 Å². The highest BCUT2D eigenvalue weighted by Crippen LogP contribution is 2.43. The predicted octanol–water partition coefficient (Wildman–Crippen LogP) is 2.51. The van der Waals surface area contributed by atoms with E-state index in [0.717, 1.165) is 5.92 Å². The Morgan fingerprint density at radius 1 is 1.38 bits per heavy atom. The smallest absolute Gasteiger partial charge is 0.0166 e. The molecule has 8 heavy (non-hydrogen) atoms. The number of hydrogen-bond acceptors (Lipinski definition) is 0. The van der Waals surface area contributed by atoms with E-state index in [9.17, 15) is 0 Å². The Balaban J connectivity index is 2.06. The van der Waals surface area contributed by atoms with E-state index in [2.05, 4.69) is 6.08 Å². The molecule has 2 aliphatic carbocycles. The molecule has 1 atom stereocenters. The Kier molecular flexibility index (Phi) is 0.927. The van der Waals surface area contributed by atoms with Crippen molar-refractivity contribution in [2.75, 3.05) is 0 Å². The van der Waals surface area contributed by atoms with E-state index in [-0.39, 0.29) is 0 Å². The average Bonchev–Trinajstić information content (AvgIpc) is 2.36. The Hall–Kier alpha value is -0.260. The monoisotopic (exact) mass is 108 g/mol. The topological polar surface area (TPSA) is 0 Å². The molecule has 0 radical (unpaired) electrons. The van der Waals surface area contributed by atoms with Gasteiger partial charge < -0.3 is 0 Å². The minimum Gasteiger partial charge on any atom is -0.0850 e. The average molecular weight is 108 g/mol. The lowest BCUT2D eigenvalue weighted by atomic mass is 10.2. The third-order valence-electron chi connectivity index (χ3n) is 2.26. The molecule has 0 heterocycles. The number of rotatable bonds is 0. The fourth-order valence-corrected chi connectivity index (χ4v) is 1.59. The summed E-state index contributed by atoms with van der Waals surface area (Å²) in [6, 6.07) is 0. The molecule has 0 heteroatoms. The van der Waals surface area contributed by atoms with Gasteiger partial charge in [-0.05, 0) is 31.6 Å². The van der Waals surface area contributed by atoms with Crippen LogP contribution < -0.4 is 0 Å². The van der Waals surface area contributed by atoms with Crippen molar-refractivity contribution in [3.8, 4) is 0 Å². The van der Waals surface area contributed by atoms with Gasteiger partial charge in [-0.3, -0.25) is 0 Å². The summed E-state index contributed by atoms with van der Waals surface area (Å²) in [5.74, 6) is 1.05. The fourth-order valence-electron chi connectivity index (χ4n) is 1.59. The first-order valence-corrected chi connectivity index (χ1v) is 3.66. The second kappa shape index (κ2) is 1.61. The molecule has 0 spiro atoms. The molecule has 0 saturated heterocycles. The Morgan fingerprint density at radius 3 is 3.38 bits per heavy atom. The molecule has 0 aromatic rings. The highest BCUT2D eigenvalue weighted by Gasteiger charge is 2.29. The third-order valence-corrected chi connectivity index (χ3v) is 2.26. The second-order valence-corrected chi connectivity index (χ2v) is 2.96. The van der Waals surface area contributed by atoms with Gasteiger partial charge in [0.15, 0.2) is 0 Å². The molecule has 0 aromatic heterocycles. The van der Waals surface area contributed by atoms with Crippen molar-refractivity contribution < 1.29 is 0 Å². The highest BCUT2D eigenvalue weighted by molar-refractivity contribution is 5.23. The van der Waals surface area contributed by atoms with Crippen LogP contribution in [0.25, 0.3) is 0 Å². The summed E-state index contributed by atoms with van der Waals surface area (Å²) >= 11 is 0. The normalized spacial score (nSPS) is 35.0. The summed E-state index contributed by atoms with van der Waals surface area (Å²) in [6.07, 6.45) is 9.68. The van der Waals surface area contributed by atoms with Gasteiger partial charge in [0.1, 0.15) is 0 Å². The van der Waals surface area contributed by atoms with Gasteiger partial charge in [-0.2, -0.15) is 0 Å². The largest absolute Gasteiger partial charge is 0.0850 e. The maximum absolute atomic E-state index is 2.46. The van der Waals surface area contributed by atoms with E-state index in [0.29, 0.717) is 0 Å². The lowest BCUT2D eigenvalue weighted by Gasteiger charge is -1.89. The summed E-state index contributed by atoms with van der Waals surface area (Å²) in [4.78, 5) is 0. The van der Waals surface area contributed by atoms with Crippen LogP contribution >= 0.6 is 0 Å². The fraction of sp³-hybridized carbons (Fsp3) is 0.750. The summed E-state index contributed by atoms with van der Waals surface area (Å²) < 4.78 is 0. The lowest BCUT2D eigenvalue weighted by molar-refractivity contribution is 0.659. The van der Waals surface area contributed by atoms with Crippen LogP contribution in [-0.4, -0.2) is 0 Å². The zero-order valence-corrected chi connectivity index (χ0v) is 5.19. The van der Waals surface area contributed by atoms with Crippen LogP contribution in [0.3, 0.4) is 0 Å². The van der Waals surface area contributed by atoms with E-state index in [1.54, 1.807) is 5.57 Å². The van der Waals surface area contributed by atoms with Crippen molar-refractivity contribution >= 4 is 0 Å². The van der Waals surface area contributed by atoms with Gasteiger partial charge in [0, 0.05) is 0 Å². The molecule has 0 aliphatic heterocycles. The molecular formula is C8H12. The van der Waals surface area contributed by atoms with Crippen LogP contribution in [0.5, 0.6) is 0 Å². The minimum atomic E-state index is 1.05. The molecule has 0 N–H and O–H groups in total. The highest BCUT2D eigenvalue weighted by atomic mass is 14.3. The van der Waals surface area contributed by atoms with Gasteiger partial charge in [0.05, 0.1) is 0 Å². The molecule has 1 saturated carbocycles. The van der Waals surface area contributed by atoms with Gasteiger partial charge in [0.2, 0.25) is 0 Å². The van der Waals surface area contributed by atoms with Crippen LogP contribution in [0.4, 0.5) is 0 Å². The zero-order chi connectivity index (χ0) is 5.40. The van der Waals surface area contributed by atoms with Crippen LogP contribution in [0.1, 0.15) is 32.1 Å². The minimum absolute atomic E-state index is 1.05. The molecule has 44 valence electrons. The molecule has 2 aliphatic rings. The Morgan fingerprint density at radius 2 is 2.38 bits per heavy atom. The molecule has 0 aromatic carbocycles. The number of hydrogen-bond donors (Lipinski definition) is 0. The quantitative estimate of drug-likeness (QED) is 0.418.